The van der Waals surface area contributed by atoms with Crippen LogP contribution in [0.1, 0.15) is 12.8 Å². The van der Waals surface area contributed by atoms with Gasteiger partial charge >= 0.3 is 26.2 Å². The number of carbonyl (C=O) groups is 1. The van der Waals surface area contributed by atoms with Crippen molar-refractivity contribution < 1.29 is 60.9 Å². The van der Waals surface area contributed by atoms with E-state index in [2.05, 4.69) is 24.5 Å². The number of allylic oxidation sites excluding steroid dienone is 3. The maximum Gasteiger partial charge on any atom is 3.00 e. The Balaban J connectivity index is 0. The van der Waals surface area contributed by atoms with E-state index in [1.54, 1.807) is 0 Å². The summed E-state index contributed by atoms with van der Waals surface area (Å²) in [6.07, 6.45) is 4.40. The molecule has 0 atom stereocenters. The molecule has 3 aliphatic rings. The van der Waals surface area contributed by atoms with Gasteiger partial charge in [0, 0.05) is 6.42 Å². The molecule has 3 rings (SSSR count). The Kier molecular flexibility index (Phi) is 8.49. The van der Waals surface area contributed by atoms with E-state index < -0.39 is 8.07 Å². The first kappa shape index (κ1) is 19.9. The SMILES string of the molecule is C[Si]1(C)C2=[C-]CC1=C2NC(=O)CCO.[Cl-].[Cl-].[Zr+3]. The van der Waals surface area contributed by atoms with E-state index in [1.807, 2.05) is 0 Å². The van der Waals surface area contributed by atoms with Crippen LogP contribution in [0.4, 0.5) is 0 Å². The molecule has 2 heterocycles. The summed E-state index contributed by atoms with van der Waals surface area (Å²) in [6, 6.07) is 0. The molecule has 0 saturated heterocycles. The van der Waals surface area contributed by atoms with Gasteiger partial charge in [-0.25, -0.2) is 5.20 Å². The molecule has 2 bridgehead atoms. The molecule has 93 valence electrons. The zero-order chi connectivity index (χ0) is 10.3. The topological polar surface area (TPSA) is 49.3 Å². The summed E-state index contributed by atoms with van der Waals surface area (Å²) < 4.78 is 0. The summed E-state index contributed by atoms with van der Waals surface area (Å²) in [5.74, 6) is -0.0919. The Labute approximate surface area is 134 Å². The number of hydrogen-bond donors (Lipinski definition) is 2. The molecule has 0 aromatic rings. The molecular formula is C10H14Cl2NO2SiZr. The summed E-state index contributed by atoms with van der Waals surface area (Å²) in [5.41, 5.74) is 1.01. The van der Waals surface area contributed by atoms with Gasteiger partial charge in [0.05, 0.1) is 14.7 Å². The van der Waals surface area contributed by atoms with Gasteiger partial charge in [0.25, 0.3) is 0 Å². The first-order valence-corrected chi connectivity index (χ1v) is 7.83. The fourth-order valence-electron chi connectivity index (χ4n) is 2.10. The van der Waals surface area contributed by atoms with Gasteiger partial charge in [-0.2, -0.15) is 5.20 Å². The van der Waals surface area contributed by atoms with Crippen molar-refractivity contribution in [3.8, 4) is 0 Å². The average Bonchev–Trinajstić information content (AvgIpc) is 2.62. The van der Waals surface area contributed by atoms with Crippen molar-refractivity contribution in [2.24, 2.45) is 0 Å². The second-order valence-electron chi connectivity index (χ2n) is 4.23. The van der Waals surface area contributed by atoms with Gasteiger partial charge in [0.1, 0.15) is 0 Å². The van der Waals surface area contributed by atoms with Gasteiger partial charge in [-0.1, -0.05) is 13.1 Å². The van der Waals surface area contributed by atoms with Crippen molar-refractivity contribution in [3.05, 3.63) is 22.2 Å². The number of hydrogen-bond acceptors (Lipinski definition) is 2. The molecule has 17 heavy (non-hydrogen) atoms. The van der Waals surface area contributed by atoms with Gasteiger partial charge < -0.3 is 35.2 Å². The summed E-state index contributed by atoms with van der Waals surface area (Å²) in [7, 11) is -1.29. The van der Waals surface area contributed by atoms with E-state index in [9.17, 15) is 4.79 Å². The summed E-state index contributed by atoms with van der Waals surface area (Å²) in [5, 5.41) is 14.1. The Bertz CT molecular complexity index is 369. The van der Waals surface area contributed by atoms with Crippen molar-refractivity contribution in [3.63, 3.8) is 0 Å². The second kappa shape index (κ2) is 7.25. The van der Waals surface area contributed by atoms with Gasteiger partial charge in [-0.15, -0.1) is 12.1 Å². The van der Waals surface area contributed by atoms with E-state index in [0.717, 1.165) is 12.1 Å². The van der Waals surface area contributed by atoms with Gasteiger partial charge in [-0.05, 0) is 0 Å². The molecule has 3 nitrogen and oxygen atoms in total. The van der Waals surface area contributed by atoms with Crippen LogP contribution in [-0.2, 0) is 31.0 Å². The fourth-order valence-corrected chi connectivity index (χ4v) is 4.93. The predicted molar refractivity (Wildman–Crippen MR) is 55.7 cm³/mol. The molecule has 0 unspecified atom stereocenters. The molecule has 1 aliphatic carbocycles. The third-order valence-corrected chi connectivity index (χ3v) is 6.59. The summed E-state index contributed by atoms with van der Waals surface area (Å²) in [6.45, 7) is 4.47. The Morgan fingerprint density at radius 3 is 2.41 bits per heavy atom. The number of halogens is 2. The minimum absolute atomic E-state index is 0. The Hall–Kier alpha value is 0.590. The molecular weight excluding hydrogens is 356 g/mol. The first-order valence-electron chi connectivity index (χ1n) is 4.83. The largest absolute Gasteiger partial charge is 3.00 e. The molecule has 7 heteroatoms. The Morgan fingerprint density at radius 1 is 1.47 bits per heavy atom. The maximum atomic E-state index is 11.2. The fraction of sp³-hybridized carbons (Fsp3) is 0.500. The second-order valence-corrected chi connectivity index (χ2v) is 8.58. The van der Waals surface area contributed by atoms with Crippen LogP contribution in [0.3, 0.4) is 0 Å². The summed E-state index contributed by atoms with van der Waals surface area (Å²) >= 11 is 0. The third kappa shape index (κ3) is 3.32. The number of amides is 1. The minimum atomic E-state index is -1.29. The van der Waals surface area contributed by atoms with Crippen LogP contribution in [-0.4, -0.2) is 25.7 Å². The van der Waals surface area contributed by atoms with Crippen molar-refractivity contribution in [2.75, 3.05) is 6.61 Å². The molecule has 0 spiro atoms. The van der Waals surface area contributed by atoms with Gasteiger partial charge in [0.15, 0.2) is 0 Å². The average molecular weight is 370 g/mol. The van der Waals surface area contributed by atoms with E-state index in [0.29, 0.717) is 0 Å². The van der Waals surface area contributed by atoms with Crippen LogP contribution in [0.25, 0.3) is 0 Å². The van der Waals surface area contributed by atoms with E-state index in [-0.39, 0.29) is 70.0 Å². The zero-order valence-electron chi connectivity index (χ0n) is 9.73. The van der Waals surface area contributed by atoms with Crippen molar-refractivity contribution in [2.45, 2.75) is 25.9 Å². The predicted octanol–water partition coefficient (Wildman–Crippen LogP) is -5.32. The molecule has 2 N–H and O–H groups in total. The van der Waals surface area contributed by atoms with Crippen molar-refractivity contribution in [1.29, 1.82) is 0 Å². The smallest absolute Gasteiger partial charge is 1.00 e. The molecule has 0 saturated carbocycles. The van der Waals surface area contributed by atoms with Crippen LogP contribution in [0.15, 0.2) is 16.1 Å². The monoisotopic (exact) mass is 368 g/mol. The third-order valence-electron chi connectivity index (χ3n) is 2.98. The van der Waals surface area contributed by atoms with E-state index in [1.165, 1.54) is 10.4 Å². The number of aliphatic hydroxyl groups is 1. The zero-order valence-corrected chi connectivity index (χ0v) is 14.7. The van der Waals surface area contributed by atoms with Crippen LogP contribution in [0.5, 0.6) is 0 Å². The van der Waals surface area contributed by atoms with Crippen molar-refractivity contribution in [1.82, 2.24) is 5.32 Å². The van der Waals surface area contributed by atoms with E-state index >= 15 is 0 Å². The molecule has 0 aromatic heterocycles. The van der Waals surface area contributed by atoms with Crippen LogP contribution >= 0.6 is 0 Å². The normalized spacial score (nSPS) is 17.9. The number of nitrogens with one attached hydrogen (secondary N) is 1. The van der Waals surface area contributed by atoms with Gasteiger partial charge in [-0.3, -0.25) is 10.9 Å². The molecule has 0 fully saturated rings. The van der Waals surface area contributed by atoms with Crippen LogP contribution in [0.2, 0.25) is 13.1 Å². The first-order chi connectivity index (χ1) is 6.57. The molecule has 1 radical (unpaired) electrons. The standard InChI is InChI=1S/C10H14NO2Si.2ClH.Zr/c1-14(2)7-3-4-8(14)10(7)11-9(13)5-6-12;;;/h12H,3,5-6H2,1-2H3,(H,11,13);2*1H;/q-1;;;+3/p-2. The number of fused-ring (bicyclic) bond motifs is 1. The number of aliphatic hydroxyl groups excluding tert-OH is 1. The van der Waals surface area contributed by atoms with Crippen molar-refractivity contribution >= 4 is 14.0 Å². The molecule has 1 amide bonds. The molecule has 0 aromatic carbocycles. The molecule has 2 aliphatic heterocycles. The van der Waals surface area contributed by atoms with Gasteiger partial charge in [0.2, 0.25) is 5.91 Å². The minimum Gasteiger partial charge on any atom is -1.00 e. The number of rotatable bonds is 3. The quantitative estimate of drug-likeness (QED) is 0.385. The van der Waals surface area contributed by atoms with E-state index in [4.69, 9.17) is 5.11 Å². The maximum absolute atomic E-state index is 11.2. The number of carbonyl (C=O) groups excluding carboxylic acids is 1. The Morgan fingerprint density at radius 2 is 2.06 bits per heavy atom. The van der Waals surface area contributed by atoms with Crippen LogP contribution < -0.4 is 30.1 Å². The van der Waals surface area contributed by atoms with Crippen LogP contribution in [0, 0.1) is 6.08 Å². The summed E-state index contributed by atoms with van der Waals surface area (Å²) in [4.78, 5) is 11.2.